The van der Waals surface area contributed by atoms with Gasteiger partial charge in [-0.2, -0.15) is 0 Å². The van der Waals surface area contributed by atoms with Crippen molar-refractivity contribution >= 4 is 31.5 Å². The van der Waals surface area contributed by atoms with Crippen LogP contribution < -0.4 is 0 Å². The lowest BCUT2D eigenvalue weighted by atomic mass is 9.43. The molecule has 12 nitrogen and oxygen atoms in total. The summed E-state index contributed by atoms with van der Waals surface area (Å²) in [6, 6.07) is 0. The second-order valence-corrected chi connectivity index (χ2v) is 16.6. The van der Waals surface area contributed by atoms with Crippen molar-refractivity contribution in [3.05, 3.63) is 0 Å². The van der Waals surface area contributed by atoms with Gasteiger partial charge in [0.15, 0.2) is 6.61 Å². The summed E-state index contributed by atoms with van der Waals surface area (Å²) >= 11 is 0. The zero-order valence-corrected chi connectivity index (χ0v) is 27.5. The van der Waals surface area contributed by atoms with Crippen LogP contribution in [0.4, 0.5) is 0 Å². The van der Waals surface area contributed by atoms with Gasteiger partial charge in [-0.1, -0.05) is 20.8 Å². The van der Waals surface area contributed by atoms with Gasteiger partial charge in [0.2, 0.25) is 0 Å². The lowest BCUT2D eigenvalue weighted by Crippen LogP contribution is -2.58. The quantitative estimate of drug-likeness (QED) is 0.139. The van der Waals surface area contributed by atoms with Crippen LogP contribution >= 0.6 is 7.60 Å². The molecule has 0 aromatic heterocycles. The average Bonchev–Trinajstić information content (AvgIpc) is 3.30. The Bertz CT molecular complexity index is 1170. The van der Waals surface area contributed by atoms with Gasteiger partial charge in [0.05, 0.1) is 18.2 Å². The van der Waals surface area contributed by atoms with E-state index in [-0.39, 0.29) is 41.6 Å². The first-order valence-corrected chi connectivity index (χ1v) is 18.3. The maximum Gasteiger partial charge on any atom is 0.344 e. The lowest BCUT2D eigenvalue weighted by Gasteiger charge is -2.62. The summed E-state index contributed by atoms with van der Waals surface area (Å²) in [5.41, 5.74) is 0.114. The molecule has 4 fully saturated rings. The van der Waals surface area contributed by atoms with Crippen molar-refractivity contribution in [2.24, 2.45) is 52.3 Å². The summed E-state index contributed by atoms with van der Waals surface area (Å²) in [6.45, 7) is 6.27. The first-order chi connectivity index (χ1) is 20.9. The minimum atomic E-state index is -4.57. The normalized spacial score (nSPS) is 37.3. The molecule has 0 heterocycles. The number of carbonyl (C=O) groups is 4. The minimum Gasteiger partial charge on any atom is -0.481 e. The Balaban J connectivity index is 1.29. The third-order valence-electron chi connectivity index (χ3n) is 12.4. The zero-order valence-electron chi connectivity index (χ0n) is 26.6. The third-order valence-corrected chi connectivity index (χ3v) is 13.3. The summed E-state index contributed by atoms with van der Waals surface area (Å²) in [4.78, 5) is 65.1. The Kier molecular flexibility index (Phi) is 11.1. The molecule has 45 heavy (non-hydrogen) atoms. The maximum atomic E-state index is 12.5. The first kappa shape index (κ1) is 35.8. The van der Waals surface area contributed by atoms with E-state index >= 15 is 0 Å². The van der Waals surface area contributed by atoms with Crippen molar-refractivity contribution in [1.82, 2.24) is 0 Å². The lowest BCUT2D eigenvalue weighted by molar-refractivity contribution is -0.185. The highest BCUT2D eigenvalue weighted by molar-refractivity contribution is 7.51. The van der Waals surface area contributed by atoms with Crippen molar-refractivity contribution in [1.29, 1.82) is 0 Å². The number of rotatable bonds is 13. The number of aliphatic hydroxyl groups excluding tert-OH is 1. The molecule has 0 aromatic carbocycles. The molecule has 0 radical (unpaired) electrons. The van der Waals surface area contributed by atoms with Crippen LogP contribution in [0.3, 0.4) is 0 Å². The molecule has 0 spiro atoms. The van der Waals surface area contributed by atoms with E-state index in [2.05, 4.69) is 20.8 Å². The van der Waals surface area contributed by atoms with Crippen molar-refractivity contribution in [3.63, 3.8) is 0 Å². The molecule has 0 saturated heterocycles. The van der Waals surface area contributed by atoms with Crippen molar-refractivity contribution < 1.29 is 58.3 Å². The minimum absolute atomic E-state index is 0.0153. The van der Waals surface area contributed by atoms with Crippen LogP contribution in [-0.4, -0.2) is 74.0 Å². The van der Waals surface area contributed by atoms with E-state index < -0.39 is 62.7 Å². The summed E-state index contributed by atoms with van der Waals surface area (Å²) in [7, 11) is -4.57. The number of carbonyl (C=O) groups excluding carboxylic acids is 2. The SMILES string of the molecule is C[C@H](CCC(=O)O)[C@H]1CCC2C3C(CC[C@@]21C)[C@@]1(C)CC[C@@H](OC(=O)COC(=O)CCC(CP(=O)(O)O)C(=O)O)CC1C[C@@H]3O. The number of hydrogen-bond donors (Lipinski definition) is 5. The molecule has 5 N–H and O–H groups in total. The van der Waals surface area contributed by atoms with Crippen LogP contribution in [0.2, 0.25) is 0 Å². The highest BCUT2D eigenvalue weighted by Crippen LogP contribution is 2.68. The fourth-order valence-electron chi connectivity index (χ4n) is 10.1. The van der Waals surface area contributed by atoms with Gasteiger partial charge in [-0.15, -0.1) is 0 Å². The van der Waals surface area contributed by atoms with E-state index in [0.29, 0.717) is 49.4 Å². The largest absolute Gasteiger partial charge is 0.481 e. The first-order valence-electron chi connectivity index (χ1n) is 16.5. The van der Waals surface area contributed by atoms with Gasteiger partial charge >= 0.3 is 31.5 Å². The van der Waals surface area contributed by atoms with Crippen LogP contribution in [0.25, 0.3) is 0 Å². The van der Waals surface area contributed by atoms with E-state index in [1.165, 1.54) is 0 Å². The topological polar surface area (TPSA) is 205 Å². The molecule has 4 rings (SSSR count). The molecule has 11 atom stereocenters. The molecule has 4 aliphatic rings. The Hall–Kier alpha value is -2.01. The number of ether oxygens (including phenoxy) is 2. The highest BCUT2D eigenvalue weighted by Gasteiger charge is 2.63. The van der Waals surface area contributed by atoms with Gasteiger partial charge in [-0.25, -0.2) is 4.79 Å². The molecule has 0 aromatic rings. The molecule has 5 unspecified atom stereocenters. The Morgan fingerprint density at radius 2 is 1.56 bits per heavy atom. The van der Waals surface area contributed by atoms with Gasteiger partial charge in [-0.3, -0.25) is 18.9 Å². The maximum absolute atomic E-state index is 12.5. The van der Waals surface area contributed by atoms with E-state index in [0.717, 1.165) is 32.1 Å². The Morgan fingerprint density at radius 1 is 0.889 bits per heavy atom. The number of fused-ring (bicyclic) bond motifs is 5. The van der Waals surface area contributed by atoms with Gasteiger partial charge in [0.25, 0.3) is 0 Å². The molecular weight excluding hydrogens is 607 g/mol. The smallest absolute Gasteiger partial charge is 0.344 e. The molecule has 4 saturated carbocycles. The average molecular weight is 659 g/mol. The van der Waals surface area contributed by atoms with Crippen LogP contribution in [0.5, 0.6) is 0 Å². The molecule has 4 aliphatic carbocycles. The number of hydrogen-bond acceptors (Lipinski definition) is 8. The predicted molar refractivity (Wildman–Crippen MR) is 161 cm³/mol. The fraction of sp³-hybridized carbons (Fsp3) is 0.875. The Morgan fingerprint density at radius 3 is 2.20 bits per heavy atom. The molecule has 0 aliphatic heterocycles. The molecular formula is C32H51O12P. The van der Waals surface area contributed by atoms with Gasteiger partial charge in [0, 0.05) is 12.8 Å². The number of carboxylic acids is 2. The molecule has 256 valence electrons. The molecule has 0 amide bonds. The van der Waals surface area contributed by atoms with E-state index in [4.69, 9.17) is 24.4 Å². The fourth-order valence-corrected chi connectivity index (χ4v) is 11.0. The van der Waals surface area contributed by atoms with E-state index in [9.17, 15) is 34.0 Å². The number of esters is 2. The van der Waals surface area contributed by atoms with Crippen LogP contribution in [0.15, 0.2) is 0 Å². The van der Waals surface area contributed by atoms with Crippen LogP contribution in [0.1, 0.15) is 97.8 Å². The predicted octanol–water partition coefficient (Wildman–Crippen LogP) is 4.23. The summed E-state index contributed by atoms with van der Waals surface area (Å²) in [5, 5.41) is 29.9. The van der Waals surface area contributed by atoms with Crippen LogP contribution in [0, 0.1) is 52.3 Å². The standard InChI is InChI=1S/C32H51O12P/c1-18(4-8-26(34)35)22-6-7-23-29-24(11-13-32(22,23)3)31(2)12-10-21(14-20(31)15-25(29)33)44-28(37)16-43-27(36)9-5-19(30(38)39)17-45(40,41)42/h18-25,29,33H,4-17H2,1-3H3,(H,34,35)(H,38,39)(H2,40,41,42)/t18-,19?,20?,21-,22-,23?,24?,25+,29?,31+,32-/m1/s1. The second-order valence-electron chi connectivity index (χ2n) is 14.9. The van der Waals surface area contributed by atoms with Gasteiger partial charge < -0.3 is 34.6 Å². The zero-order chi connectivity index (χ0) is 33.3. The third kappa shape index (κ3) is 8.11. The number of aliphatic hydroxyl groups is 1. The second kappa shape index (κ2) is 14.0. The number of carboxylic acid groups (broad SMARTS) is 2. The van der Waals surface area contributed by atoms with Gasteiger partial charge in [0.1, 0.15) is 6.10 Å². The Labute approximate surface area is 264 Å². The number of aliphatic carboxylic acids is 2. The van der Waals surface area contributed by atoms with Crippen molar-refractivity contribution in [2.45, 2.75) is 110 Å². The van der Waals surface area contributed by atoms with Crippen molar-refractivity contribution in [3.8, 4) is 0 Å². The van der Waals surface area contributed by atoms with E-state index in [1.54, 1.807) is 0 Å². The van der Waals surface area contributed by atoms with Gasteiger partial charge in [-0.05, 0) is 111 Å². The highest BCUT2D eigenvalue weighted by atomic mass is 31.2. The summed E-state index contributed by atoms with van der Waals surface area (Å²) in [5.74, 6) is -3.18. The summed E-state index contributed by atoms with van der Waals surface area (Å²) < 4.78 is 21.8. The summed E-state index contributed by atoms with van der Waals surface area (Å²) in [6.07, 6.45) is 5.50. The van der Waals surface area contributed by atoms with Crippen LogP contribution in [-0.2, 0) is 33.2 Å². The molecule has 13 heteroatoms. The molecule has 0 bridgehead atoms. The van der Waals surface area contributed by atoms with E-state index in [1.807, 2.05) is 0 Å². The van der Waals surface area contributed by atoms with Crippen molar-refractivity contribution in [2.75, 3.05) is 12.8 Å². The monoisotopic (exact) mass is 658 g/mol.